The number of rotatable bonds is 5. The molecule has 0 saturated carbocycles. The van der Waals surface area contributed by atoms with E-state index in [0.717, 1.165) is 11.3 Å². The lowest BCUT2D eigenvalue weighted by Gasteiger charge is -2.14. The van der Waals surface area contributed by atoms with Crippen molar-refractivity contribution in [3.05, 3.63) is 35.1 Å². The Morgan fingerprint density at radius 3 is 2.37 bits per heavy atom. The van der Waals surface area contributed by atoms with Crippen molar-refractivity contribution in [1.29, 1.82) is 0 Å². The zero-order chi connectivity index (χ0) is 19.0. The van der Waals surface area contributed by atoms with Crippen LogP contribution in [0.1, 0.15) is 0 Å². The van der Waals surface area contributed by atoms with E-state index in [1.807, 2.05) is 30.3 Å². The van der Waals surface area contributed by atoms with Crippen LogP contribution >= 0.6 is 12.2 Å². The van der Waals surface area contributed by atoms with Crippen molar-refractivity contribution in [2.45, 2.75) is 0 Å². The van der Waals surface area contributed by atoms with Gasteiger partial charge in [0.15, 0.2) is 33.6 Å². The predicted octanol–water partition coefficient (Wildman–Crippen LogP) is 3.35. The third-order valence-corrected chi connectivity index (χ3v) is 4.48. The van der Waals surface area contributed by atoms with Crippen molar-refractivity contribution < 1.29 is 23.7 Å². The third-order valence-electron chi connectivity index (χ3n) is 4.21. The summed E-state index contributed by atoms with van der Waals surface area (Å²) in [7, 11) is 4.69. The maximum atomic E-state index is 5.47. The zero-order valence-electron chi connectivity index (χ0n) is 14.9. The summed E-state index contributed by atoms with van der Waals surface area (Å²) in [5.74, 6) is 3.51. The van der Waals surface area contributed by atoms with E-state index in [2.05, 4.69) is 10.2 Å². The smallest absolute Gasteiger partial charge is 0.231 e. The number of H-pyrrole nitrogens is 1. The predicted molar refractivity (Wildman–Crippen MR) is 100.0 cm³/mol. The number of hydrogen-bond acceptors (Lipinski definition) is 7. The maximum Gasteiger partial charge on any atom is 0.231 e. The van der Waals surface area contributed by atoms with E-state index in [4.69, 9.17) is 35.9 Å². The fourth-order valence-electron chi connectivity index (χ4n) is 2.96. The Kier molecular flexibility index (Phi) is 4.36. The summed E-state index contributed by atoms with van der Waals surface area (Å²) in [5.41, 5.74) is 1.54. The lowest BCUT2D eigenvalue weighted by atomic mass is 10.1. The lowest BCUT2D eigenvalue weighted by molar-refractivity contribution is 0.174. The Labute approximate surface area is 160 Å². The van der Waals surface area contributed by atoms with Crippen LogP contribution in [0.15, 0.2) is 30.3 Å². The number of methoxy groups -OCH3 is 3. The number of ether oxygens (including phenoxy) is 5. The molecule has 0 bridgehead atoms. The first kappa shape index (κ1) is 17.2. The minimum absolute atomic E-state index is 0.204. The second-order valence-electron chi connectivity index (χ2n) is 5.64. The fourth-order valence-corrected chi connectivity index (χ4v) is 3.20. The third kappa shape index (κ3) is 2.85. The summed E-state index contributed by atoms with van der Waals surface area (Å²) in [6, 6.07) is 9.21. The highest BCUT2D eigenvalue weighted by Gasteiger charge is 2.20. The van der Waals surface area contributed by atoms with E-state index in [9.17, 15) is 0 Å². The molecular formula is C18H17N3O5S. The number of hydrogen-bond donors (Lipinski definition) is 1. The maximum absolute atomic E-state index is 5.47. The van der Waals surface area contributed by atoms with Gasteiger partial charge in [-0.2, -0.15) is 5.10 Å². The van der Waals surface area contributed by atoms with Gasteiger partial charge in [0.2, 0.25) is 12.5 Å². The standard InChI is InChI=1S/C18H17N3O5S/c1-22-14-6-10(7-15(23-2)16(14)24-3)17-19-20-18(27)21(17)11-4-5-12-13(8-11)26-9-25-12/h4-8H,9H2,1-3H3,(H,20,27). The van der Waals surface area contributed by atoms with Crippen molar-refractivity contribution in [1.82, 2.24) is 14.8 Å². The normalized spacial score (nSPS) is 12.1. The molecule has 4 rings (SSSR count). The molecule has 9 heteroatoms. The second-order valence-corrected chi connectivity index (χ2v) is 6.03. The summed E-state index contributed by atoms with van der Waals surface area (Å²) in [5, 5.41) is 7.22. The molecule has 0 unspecified atom stereocenters. The molecule has 27 heavy (non-hydrogen) atoms. The summed E-state index contributed by atoms with van der Waals surface area (Å²) in [4.78, 5) is 0. The van der Waals surface area contributed by atoms with Gasteiger partial charge in [0, 0.05) is 11.6 Å². The Balaban J connectivity index is 1.89. The van der Waals surface area contributed by atoms with Crippen LogP contribution in [0.3, 0.4) is 0 Å². The van der Waals surface area contributed by atoms with E-state index in [1.165, 1.54) is 0 Å². The summed E-state index contributed by atoms with van der Waals surface area (Å²) >= 11 is 5.44. The van der Waals surface area contributed by atoms with Crippen molar-refractivity contribution in [2.24, 2.45) is 0 Å². The molecule has 0 spiro atoms. The molecule has 0 aliphatic carbocycles. The zero-order valence-corrected chi connectivity index (χ0v) is 15.8. The Bertz CT molecular complexity index is 1030. The first-order chi connectivity index (χ1) is 13.2. The van der Waals surface area contributed by atoms with Crippen LogP contribution in [0.5, 0.6) is 28.7 Å². The van der Waals surface area contributed by atoms with Gasteiger partial charge in [-0.1, -0.05) is 0 Å². The molecule has 1 aromatic heterocycles. The minimum atomic E-state index is 0.204. The molecule has 8 nitrogen and oxygen atoms in total. The molecular weight excluding hydrogens is 370 g/mol. The minimum Gasteiger partial charge on any atom is -0.493 e. The van der Waals surface area contributed by atoms with Gasteiger partial charge < -0.3 is 23.7 Å². The number of aromatic nitrogens is 3. The molecule has 1 aliphatic heterocycles. The monoisotopic (exact) mass is 387 g/mol. The van der Waals surface area contributed by atoms with Gasteiger partial charge in [0.05, 0.1) is 27.0 Å². The van der Waals surface area contributed by atoms with Crippen molar-refractivity contribution in [2.75, 3.05) is 28.1 Å². The number of aromatic amines is 1. The molecule has 2 heterocycles. The molecule has 140 valence electrons. The topological polar surface area (TPSA) is 79.8 Å². The molecule has 0 fully saturated rings. The highest BCUT2D eigenvalue weighted by Crippen LogP contribution is 2.41. The average Bonchev–Trinajstić information content (AvgIpc) is 3.32. The number of nitrogens with one attached hydrogen (secondary N) is 1. The van der Waals surface area contributed by atoms with Crippen molar-refractivity contribution >= 4 is 12.2 Å². The molecule has 0 atom stereocenters. The van der Waals surface area contributed by atoms with Gasteiger partial charge in [-0.05, 0) is 36.5 Å². The quantitative estimate of drug-likeness (QED) is 0.673. The van der Waals surface area contributed by atoms with Crippen LogP contribution in [0, 0.1) is 4.77 Å². The molecule has 0 radical (unpaired) electrons. The van der Waals surface area contributed by atoms with Crippen LogP contribution in [-0.2, 0) is 0 Å². The molecule has 1 N–H and O–H groups in total. The fraction of sp³-hybridized carbons (Fsp3) is 0.222. The van der Waals surface area contributed by atoms with E-state index < -0.39 is 0 Å². The summed E-state index contributed by atoms with van der Waals surface area (Å²) in [6.45, 7) is 0.204. The first-order valence-corrected chi connectivity index (χ1v) is 8.45. The Morgan fingerprint density at radius 1 is 1.00 bits per heavy atom. The van der Waals surface area contributed by atoms with Crippen molar-refractivity contribution in [3.8, 4) is 45.8 Å². The largest absolute Gasteiger partial charge is 0.493 e. The highest BCUT2D eigenvalue weighted by molar-refractivity contribution is 7.71. The Hall–Kier alpha value is -3.20. The van der Waals surface area contributed by atoms with Crippen molar-refractivity contribution in [3.63, 3.8) is 0 Å². The first-order valence-electron chi connectivity index (χ1n) is 8.04. The van der Waals surface area contributed by atoms with E-state index in [1.54, 1.807) is 25.9 Å². The SMILES string of the molecule is COc1cc(-c2n[nH]c(=S)n2-c2ccc3c(c2)OCO3)cc(OC)c1OC. The number of fused-ring (bicyclic) bond motifs is 1. The van der Waals surface area contributed by atoms with E-state index >= 15 is 0 Å². The second kappa shape index (κ2) is 6.84. The molecule has 3 aromatic rings. The van der Waals surface area contributed by atoms with E-state index in [0.29, 0.717) is 39.3 Å². The highest BCUT2D eigenvalue weighted by atomic mass is 32.1. The van der Waals surface area contributed by atoms with Gasteiger partial charge >= 0.3 is 0 Å². The molecule has 1 aliphatic rings. The Morgan fingerprint density at radius 2 is 1.70 bits per heavy atom. The molecule has 2 aromatic carbocycles. The summed E-state index contributed by atoms with van der Waals surface area (Å²) < 4.78 is 29.4. The summed E-state index contributed by atoms with van der Waals surface area (Å²) in [6.07, 6.45) is 0. The van der Waals surface area contributed by atoms with Gasteiger partial charge in [-0.3, -0.25) is 9.67 Å². The number of nitrogens with zero attached hydrogens (tertiary/aromatic N) is 2. The molecule has 0 saturated heterocycles. The van der Waals surface area contributed by atoms with Crippen LogP contribution in [0.25, 0.3) is 17.1 Å². The lowest BCUT2D eigenvalue weighted by Crippen LogP contribution is -2.00. The van der Waals surface area contributed by atoms with Gasteiger partial charge in [-0.25, -0.2) is 0 Å². The van der Waals surface area contributed by atoms with Gasteiger partial charge in [-0.15, -0.1) is 0 Å². The van der Waals surface area contributed by atoms with Gasteiger partial charge in [0.1, 0.15) is 0 Å². The van der Waals surface area contributed by atoms with Crippen LogP contribution < -0.4 is 23.7 Å². The molecule has 0 amide bonds. The van der Waals surface area contributed by atoms with Gasteiger partial charge in [0.25, 0.3) is 0 Å². The van der Waals surface area contributed by atoms with E-state index in [-0.39, 0.29) is 6.79 Å². The number of benzene rings is 2. The van der Waals surface area contributed by atoms with Crippen LogP contribution in [0.2, 0.25) is 0 Å². The van der Waals surface area contributed by atoms with Crippen LogP contribution in [-0.4, -0.2) is 42.9 Å². The van der Waals surface area contributed by atoms with Crippen LogP contribution in [0.4, 0.5) is 0 Å². The average molecular weight is 387 g/mol.